The Kier molecular flexibility index (Phi) is 4.71. The van der Waals surface area contributed by atoms with Gasteiger partial charge in [0.1, 0.15) is 0 Å². The van der Waals surface area contributed by atoms with Gasteiger partial charge in [-0.1, -0.05) is 12.1 Å². The number of aryl methyl sites for hydroxylation is 2. The zero-order valence-corrected chi connectivity index (χ0v) is 14.6. The van der Waals surface area contributed by atoms with Crippen LogP contribution in [0.2, 0.25) is 0 Å². The van der Waals surface area contributed by atoms with E-state index >= 15 is 0 Å². The summed E-state index contributed by atoms with van der Waals surface area (Å²) < 4.78 is 0. The molecule has 7 heteroatoms. The Labute approximate surface area is 150 Å². The number of hydrogen-bond donors (Lipinski definition) is 1. The second-order valence-corrected chi connectivity index (χ2v) is 6.55. The van der Waals surface area contributed by atoms with Crippen LogP contribution in [0.15, 0.2) is 42.5 Å². The third-order valence-electron chi connectivity index (χ3n) is 4.34. The predicted octanol–water partition coefficient (Wildman–Crippen LogP) is 3.20. The third kappa shape index (κ3) is 3.72. The summed E-state index contributed by atoms with van der Waals surface area (Å²) in [5.41, 5.74) is 3.15. The summed E-state index contributed by atoms with van der Waals surface area (Å²) in [4.78, 5) is 36.8. The number of benzene rings is 2. The molecule has 0 spiro atoms. The first-order chi connectivity index (χ1) is 12.3. The number of hydrogen-bond acceptors (Lipinski definition) is 4. The van der Waals surface area contributed by atoms with Crippen LogP contribution in [0, 0.1) is 29.9 Å². The van der Waals surface area contributed by atoms with Crippen LogP contribution >= 0.6 is 0 Å². The number of anilines is 2. The summed E-state index contributed by atoms with van der Waals surface area (Å²) in [5, 5.41) is 13.5. The Hall–Kier alpha value is -3.22. The second kappa shape index (κ2) is 6.95. The minimum atomic E-state index is -0.517. The molecule has 0 aliphatic carbocycles. The van der Waals surface area contributed by atoms with E-state index in [-0.39, 0.29) is 23.9 Å². The van der Waals surface area contributed by atoms with Gasteiger partial charge in [-0.3, -0.25) is 19.7 Å². The number of nitrogens with one attached hydrogen (secondary N) is 1. The molecule has 0 saturated carbocycles. The highest BCUT2D eigenvalue weighted by Crippen LogP contribution is 2.28. The molecule has 1 fully saturated rings. The SMILES string of the molecule is Cc1cc(C)cc(N2CC(C(=O)Nc3cccc([N+](=O)[O-])c3)CC2=O)c1. The monoisotopic (exact) mass is 353 g/mol. The van der Waals surface area contributed by atoms with Gasteiger partial charge < -0.3 is 10.2 Å². The van der Waals surface area contributed by atoms with Gasteiger partial charge in [0.2, 0.25) is 11.8 Å². The molecule has 0 radical (unpaired) electrons. The van der Waals surface area contributed by atoms with Crippen molar-refractivity contribution in [3.05, 3.63) is 63.7 Å². The van der Waals surface area contributed by atoms with Crippen molar-refractivity contribution in [1.82, 2.24) is 0 Å². The van der Waals surface area contributed by atoms with Crippen molar-refractivity contribution >= 4 is 28.9 Å². The second-order valence-electron chi connectivity index (χ2n) is 6.55. The van der Waals surface area contributed by atoms with Crippen molar-refractivity contribution < 1.29 is 14.5 Å². The Morgan fingerprint density at radius 3 is 2.54 bits per heavy atom. The van der Waals surface area contributed by atoms with E-state index < -0.39 is 10.8 Å². The maximum absolute atomic E-state index is 12.5. The summed E-state index contributed by atoms with van der Waals surface area (Å²) in [7, 11) is 0. The minimum Gasteiger partial charge on any atom is -0.326 e. The first kappa shape index (κ1) is 17.6. The summed E-state index contributed by atoms with van der Waals surface area (Å²) in [6.45, 7) is 4.22. The molecule has 1 N–H and O–H groups in total. The molecule has 7 nitrogen and oxygen atoms in total. The maximum atomic E-state index is 12.5. The molecule has 1 unspecified atom stereocenters. The number of nitro groups is 1. The molecule has 1 saturated heterocycles. The van der Waals surface area contributed by atoms with Gasteiger partial charge in [-0.05, 0) is 43.2 Å². The van der Waals surface area contributed by atoms with Crippen molar-refractivity contribution in [2.24, 2.45) is 5.92 Å². The van der Waals surface area contributed by atoms with Gasteiger partial charge in [-0.15, -0.1) is 0 Å². The van der Waals surface area contributed by atoms with E-state index in [4.69, 9.17) is 0 Å². The van der Waals surface area contributed by atoms with Crippen molar-refractivity contribution in [2.75, 3.05) is 16.8 Å². The number of carbonyl (C=O) groups is 2. The average molecular weight is 353 g/mol. The Morgan fingerprint density at radius 1 is 1.19 bits per heavy atom. The van der Waals surface area contributed by atoms with Crippen molar-refractivity contribution in [3.63, 3.8) is 0 Å². The fourth-order valence-electron chi connectivity index (χ4n) is 3.18. The van der Waals surface area contributed by atoms with Crippen LogP contribution in [0.3, 0.4) is 0 Å². The van der Waals surface area contributed by atoms with E-state index in [9.17, 15) is 19.7 Å². The average Bonchev–Trinajstić information content (AvgIpc) is 2.96. The molecule has 1 aliphatic rings. The van der Waals surface area contributed by atoms with Gasteiger partial charge >= 0.3 is 0 Å². The molecular weight excluding hydrogens is 334 g/mol. The molecule has 3 rings (SSSR count). The predicted molar refractivity (Wildman–Crippen MR) is 98.1 cm³/mol. The van der Waals surface area contributed by atoms with Crippen LogP contribution in [0.4, 0.5) is 17.1 Å². The minimum absolute atomic E-state index is 0.0952. The van der Waals surface area contributed by atoms with Crippen LogP contribution in [0.25, 0.3) is 0 Å². The maximum Gasteiger partial charge on any atom is 0.271 e. The molecule has 0 aromatic heterocycles. The molecule has 2 amide bonds. The largest absolute Gasteiger partial charge is 0.326 e. The van der Waals surface area contributed by atoms with E-state index in [1.54, 1.807) is 11.0 Å². The third-order valence-corrected chi connectivity index (χ3v) is 4.34. The molecule has 2 aromatic carbocycles. The highest BCUT2D eigenvalue weighted by Gasteiger charge is 2.35. The topological polar surface area (TPSA) is 92.6 Å². The standard InChI is InChI=1S/C19H19N3O4/c1-12-6-13(2)8-17(7-12)21-11-14(9-18(21)23)19(24)20-15-4-3-5-16(10-15)22(25)26/h3-8,10,14H,9,11H2,1-2H3,(H,20,24). The first-order valence-corrected chi connectivity index (χ1v) is 8.27. The van der Waals surface area contributed by atoms with Gasteiger partial charge in [0, 0.05) is 36.5 Å². The van der Waals surface area contributed by atoms with Crippen molar-refractivity contribution in [1.29, 1.82) is 0 Å². The van der Waals surface area contributed by atoms with Crippen LogP contribution in [-0.2, 0) is 9.59 Å². The zero-order chi connectivity index (χ0) is 18.8. The zero-order valence-electron chi connectivity index (χ0n) is 14.6. The van der Waals surface area contributed by atoms with E-state index in [1.165, 1.54) is 18.2 Å². The Bertz CT molecular complexity index is 874. The molecule has 2 aromatic rings. The Balaban J connectivity index is 1.73. The van der Waals surface area contributed by atoms with Crippen LogP contribution in [0.1, 0.15) is 17.5 Å². The van der Waals surface area contributed by atoms with Crippen LogP contribution in [0.5, 0.6) is 0 Å². The summed E-state index contributed by atoms with van der Waals surface area (Å²) >= 11 is 0. The number of carbonyl (C=O) groups excluding carboxylic acids is 2. The van der Waals surface area contributed by atoms with E-state index in [0.29, 0.717) is 12.2 Å². The number of nitro benzene ring substituents is 1. The fraction of sp³-hybridized carbons (Fsp3) is 0.263. The van der Waals surface area contributed by atoms with E-state index in [2.05, 4.69) is 5.32 Å². The van der Waals surface area contributed by atoms with Crippen LogP contribution < -0.4 is 10.2 Å². The van der Waals surface area contributed by atoms with Gasteiger partial charge in [-0.2, -0.15) is 0 Å². The lowest BCUT2D eigenvalue weighted by atomic mass is 10.1. The van der Waals surface area contributed by atoms with Gasteiger partial charge in [0.15, 0.2) is 0 Å². The van der Waals surface area contributed by atoms with Gasteiger partial charge in [-0.25, -0.2) is 0 Å². The molecule has 134 valence electrons. The smallest absolute Gasteiger partial charge is 0.271 e. The number of non-ortho nitro benzene ring substituents is 1. The Morgan fingerprint density at radius 2 is 1.88 bits per heavy atom. The van der Waals surface area contributed by atoms with Crippen molar-refractivity contribution in [3.8, 4) is 0 Å². The van der Waals surface area contributed by atoms with Gasteiger partial charge in [0.25, 0.3) is 5.69 Å². The quantitative estimate of drug-likeness (QED) is 0.675. The normalized spacial score (nSPS) is 16.6. The first-order valence-electron chi connectivity index (χ1n) is 8.27. The lowest BCUT2D eigenvalue weighted by Gasteiger charge is -2.18. The van der Waals surface area contributed by atoms with E-state index in [1.807, 2.05) is 32.0 Å². The molecule has 1 atom stereocenters. The van der Waals surface area contributed by atoms with Gasteiger partial charge in [0.05, 0.1) is 10.8 Å². The molecular formula is C19H19N3O4. The lowest BCUT2D eigenvalue weighted by molar-refractivity contribution is -0.384. The lowest BCUT2D eigenvalue weighted by Crippen LogP contribution is -2.28. The highest BCUT2D eigenvalue weighted by atomic mass is 16.6. The number of rotatable bonds is 4. The summed E-state index contributed by atoms with van der Waals surface area (Å²) in [6.07, 6.45) is 0.119. The molecule has 0 bridgehead atoms. The van der Waals surface area contributed by atoms with Crippen LogP contribution in [-0.4, -0.2) is 23.3 Å². The number of nitrogens with zero attached hydrogens (tertiary/aromatic N) is 2. The number of amides is 2. The highest BCUT2D eigenvalue weighted by molar-refractivity contribution is 6.03. The molecule has 1 aliphatic heterocycles. The van der Waals surface area contributed by atoms with E-state index in [0.717, 1.165) is 16.8 Å². The van der Waals surface area contributed by atoms with Crippen molar-refractivity contribution in [2.45, 2.75) is 20.3 Å². The molecule has 1 heterocycles. The molecule has 26 heavy (non-hydrogen) atoms. The summed E-state index contributed by atoms with van der Waals surface area (Å²) in [5.74, 6) is -0.914. The summed E-state index contributed by atoms with van der Waals surface area (Å²) in [6, 6.07) is 11.6. The fourth-order valence-corrected chi connectivity index (χ4v) is 3.18.